The van der Waals surface area contributed by atoms with Crippen LogP contribution in [0.2, 0.25) is 0 Å². The number of carbonyl (C=O) groups is 1. The first kappa shape index (κ1) is 20.4. The molecule has 1 saturated carbocycles. The molecule has 0 atom stereocenters. The van der Waals surface area contributed by atoms with E-state index in [1.165, 1.54) is 12.8 Å². The maximum Gasteiger partial charge on any atom is 0.255 e. The largest absolute Gasteiger partial charge is 0.474 e. The molecule has 1 saturated heterocycles. The van der Waals surface area contributed by atoms with Gasteiger partial charge in [0.2, 0.25) is 5.88 Å². The zero-order valence-corrected chi connectivity index (χ0v) is 17.8. The van der Waals surface area contributed by atoms with Gasteiger partial charge in [-0.25, -0.2) is 15.0 Å². The molecule has 8 heteroatoms. The van der Waals surface area contributed by atoms with Crippen LogP contribution in [-0.2, 0) is 0 Å². The van der Waals surface area contributed by atoms with Crippen molar-refractivity contribution >= 4 is 17.5 Å². The zero-order chi connectivity index (χ0) is 20.9. The SMILES string of the molecule is CCNc1cc(N2CCN(C(=O)c3ccc(OC4CCCC4)nc3)CC2)nc(C)n1. The van der Waals surface area contributed by atoms with E-state index >= 15 is 0 Å². The average Bonchev–Trinajstić information content (AvgIpc) is 3.27. The highest BCUT2D eigenvalue weighted by Gasteiger charge is 2.24. The van der Waals surface area contributed by atoms with Gasteiger partial charge in [-0.05, 0) is 45.6 Å². The highest BCUT2D eigenvalue weighted by molar-refractivity contribution is 5.94. The Morgan fingerprint density at radius 1 is 1.17 bits per heavy atom. The van der Waals surface area contributed by atoms with Crippen LogP contribution in [0, 0.1) is 6.92 Å². The van der Waals surface area contributed by atoms with Gasteiger partial charge in [0.25, 0.3) is 5.91 Å². The van der Waals surface area contributed by atoms with Crippen LogP contribution in [0.15, 0.2) is 24.4 Å². The van der Waals surface area contributed by atoms with Crippen LogP contribution in [0.1, 0.15) is 48.8 Å². The van der Waals surface area contributed by atoms with Gasteiger partial charge in [0.15, 0.2) is 0 Å². The minimum atomic E-state index is 0.0155. The Bertz CT molecular complexity index is 858. The van der Waals surface area contributed by atoms with Crippen molar-refractivity contribution in [3.05, 3.63) is 35.8 Å². The molecule has 1 N–H and O–H groups in total. The number of nitrogens with zero attached hydrogens (tertiary/aromatic N) is 5. The van der Waals surface area contributed by atoms with E-state index < -0.39 is 0 Å². The molecule has 8 nitrogen and oxygen atoms in total. The number of rotatable bonds is 6. The summed E-state index contributed by atoms with van der Waals surface area (Å²) >= 11 is 0. The Morgan fingerprint density at radius 2 is 1.93 bits per heavy atom. The molecule has 2 fully saturated rings. The third-order valence-electron chi connectivity index (χ3n) is 5.65. The number of amides is 1. The van der Waals surface area contributed by atoms with E-state index in [2.05, 4.69) is 25.2 Å². The summed E-state index contributed by atoms with van der Waals surface area (Å²) in [4.78, 5) is 30.3. The summed E-state index contributed by atoms with van der Waals surface area (Å²) in [6, 6.07) is 5.61. The van der Waals surface area contributed by atoms with Gasteiger partial charge >= 0.3 is 0 Å². The smallest absolute Gasteiger partial charge is 0.255 e. The van der Waals surface area contributed by atoms with Gasteiger partial charge in [-0.2, -0.15) is 0 Å². The molecule has 0 spiro atoms. The van der Waals surface area contributed by atoms with Crippen molar-refractivity contribution in [2.45, 2.75) is 45.6 Å². The topological polar surface area (TPSA) is 83.5 Å². The summed E-state index contributed by atoms with van der Waals surface area (Å²) in [5.41, 5.74) is 0.606. The van der Waals surface area contributed by atoms with Crippen LogP contribution in [0.3, 0.4) is 0 Å². The zero-order valence-electron chi connectivity index (χ0n) is 17.8. The molecule has 2 aromatic rings. The van der Waals surface area contributed by atoms with Crippen LogP contribution < -0.4 is 15.0 Å². The lowest BCUT2D eigenvalue weighted by atomic mass is 10.2. The molecule has 0 radical (unpaired) electrons. The number of aryl methyl sites for hydroxylation is 1. The fraction of sp³-hybridized carbons (Fsp3) is 0.545. The maximum atomic E-state index is 12.9. The molecule has 1 aliphatic heterocycles. The third kappa shape index (κ3) is 4.80. The predicted molar refractivity (Wildman–Crippen MR) is 116 cm³/mol. The van der Waals surface area contributed by atoms with Gasteiger partial charge in [0, 0.05) is 51.1 Å². The Hall–Kier alpha value is -2.90. The van der Waals surface area contributed by atoms with E-state index in [4.69, 9.17) is 4.74 Å². The normalized spacial score (nSPS) is 17.3. The van der Waals surface area contributed by atoms with Crippen LogP contribution in [0.5, 0.6) is 5.88 Å². The predicted octanol–water partition coefficient (Wildman–Crippen LogP) is 2.90. The number of pyridine rings is 1. The van der Waals surface area contributed by atoms with Crippen LogP contribution in [0.4, 0.5) is 11.6 Å². The fourth-order valence-corrected chi connectivity index (χ4v) is 4.06. The van der Waals surface area contributed by atoms with E-state index in [1.54, 1.807) is 6.20 Å². The highest BCUT2D eigenvalue weighted by Crippen LogP contribution is 2.23. The van der Waals surface area contributed by atoms with Crippen molar-refractivity contribution in [2.24, 2.45) is 0 Å². The van der Waals surface area contributed by atoms with E-state index in [0.717, 1.165) is 49.9 Å². The summed E-state index contributed by atoms with van der Waals surface area (Å²) in [5.74, 6) is 3.11. The number of anilines is 2. The Kier molecular flexibility index (Phi) is 6.30. The minimum absolute atomic E-state index is 0.0155. The fourth-order valence-electron chi connectivity index (χ4n) is 4.06. The number of aromatic nitrogens is 3. The molecule has 160 valence electrons. The summed E-state index contributed by atoms with van der Waals surface area (Å²) in [7, 11) is 0. The highest BCUT2D eigenvalue weighted by atomic mass is 16.5. The lowest BCUT2D eigenvalue weighted by Crippen LogP contribution is -2.49. The minimum Gasteiger partial charge on any atom is -0.474 e. The van der Waals surface area contributed by atoms with Crippen molar-refractivity contribution in [1.29, 1.82) is 0 Å². The Labute approximate surface area is 177 Å². The first-order valence-electron chi connectivity index (χ1n) is 10.9. The molecule has 0 aromatic carbocycles. The average molecular weight is 411 g/mol. The van der Waals surface area contributed by atoms with Crippen molar-refractivity contribution in [1.82, 2.24) is 19.9 Å². The van der Waals surface area contributed by atoms with E-state index in [9.17, 15) is 4.79 Å². The van der Waals surface area contributed by atoms with Gasteiger partial charge in [-0.3, -0.25) is 4.79 Å². The van der Waals surface area contributed by atoms with Crippen molar-refractivity contribution in [2.75, 3.05) is 42.9 Å². The lowest BCUT2D eigenvalue weighted by molar-refractivity contribution is 0.0746. The van der Waals surface area contributed by atoms with E-state index in [0.29, 0.717) is 24.5 Å². The van der Waals surface area contributed by atoms with Crippen LogP contribution >= 0.6 is 0 Å². The molecule has 0 bridgehead atoms. The van der Waals surface area contributed by atoms with Gasteiger partial charge < -0.3 is 19.9 Å². The molecule has 1 aliphatic carbocycles. The van der Waals surface area contributed by atoms with Crippen molar-refractivity contribution in [3.63, 3.8) is 0 Å². The van der Waals surface area contributed by atoms with Crippen molar-refractivity contribution in [3.8, 4) is 5.88 Å². The molecular formula is C22H30N6O2. The molecule has 4 rings (SSSR count). The number of piperazine rings is 1. The summed E-state index contributed by atoms with van der Waals surface area (Å²) in [6.07, 6.45) is 6.53. The van der Waals surface area contributed by atoms with Crippen LogP contribution in [-0.4, -0.2) is 64.6 Å². The van der Waals surface area contributed by atoms with E-state index in [-0.39, 0.29) is 12.0 Å². The second kappa shape index (κ2) is 9.28. The molecule has 0 unspecified atom stereocenters. The number of hydrogen-bond donors (Lipinski definition) is 1. The number of hydrogen-bond acceptors (Lipinski definition) is 7. The lowest BCUT2D eigenvalue weighted by Gasteiger charge is -2.35. The molecular weight excluding hydrogens is 380 g/mol. The van der Waals surface area contributed by atoms with Gasteiger partial charge in [-0.15, -0.1) is 0 Å². The number of ether oxygens (including phenoxy) is 1. The van der Waals surface area contributed by atoms with Gasteiger partial charge in [-0.1, -0.05) is 0 Å². The first-order valence-corrected chi connectivity index (χ1v) is 10.9. The summed E-state index contributed by atoms with van der Waals surface area (Å²) in [5, 5.41) is 3.24. The molecule has 2 aromatic heterocycles. The molecule has 30 heavy (non-hydrogen) atoms. The third-order valence-corrected chi connectivity index (χ3v) is 5.65. The molecule has 2 aliphatic rings. The van der Waals surface area contributed by atoms with Crippen LogP contribution in [0.25, 0.3) is 0 Å². The summed E-state index contributed by atoms with van der Waals surface area (Å²) in [6.45, 7) is 7.54. The summed E-state index contributed by atoms with van der Waals surface area (Å²) < 4.78 is 5.90. The Morgan fingerprint density at radius 3 is 2.60 bits per heavy atom. The maximum absolute atomic E-state index is 12.9. The Balaban J connectivity index is 1.34. The first-order chi connectivity index (χ1) is 14.6. The number of nitrogens with one attached hydrogen (secondary N) is 1. The van der Waals surface area contributed by atoms with Crippen molar-refractivity contribution < 1.29 is 9.53 Å². The van der Waals surface area contributed by atoms with Gasteiger partial charge in [0.05, 0.1) is 5.56 Å². The van der Waals surface area contributed by atoms with Gasteiger partial charge in [0.1, 0.15) is 23.6 Å². The quantitative estimate of drug-likeness (QED) is 0.784. The second-order valence-electron chi connectivity index (χ2n) is 7.88. The molecule has 3 heterocycles. The molecule has 1 amide bonds. The standard InChI is InChI=1S/C22H30N6O2/c1-3-23-19-14-20(26-16(2)25-19)27-10-12-28(13-11-27)22(29)17-8-9-21(24-15-17)30-18-6-4-5-7-18/h8-9,14-15,18H,3-7,10-13H2,1-2H3,(H,23,25,26). The monoisotopic (exact) mass is 410 g/mol. The van der Waals surface area contributed by atoms with E-state index in [1.807, 2.05) is 36.9 Å². The second-order valence-corrected chi connectivity index (χ2v) is 7.88. The number of carbonyl (C=O) groups excluding carboxylic acids is 1.